The van der Waals surface area contributed by atoms with Crippen LogP contribution in [0.25, 0.3) is 0 Å². The van der Waals surface area contributed by atoms with Crippen LogP contribution in [0.4, 0.5) is 0 Å². The van der Waals surface area contributed by atoms with Gasteiger partial charge in [-0.25, -0.2) is 0 Å². The van der Waals surface area contributed by atoms with Crippen LogP contribution < -0.4 is 10.9 Å². The lowest BCUT2D eigenvalue weighted by molar-refractivity contribution is -0.121. The van der Waals surface area contributed by atoms with Crippen molar-refractivity contribution in [2.24, 2.45) is 5.92 Å². The van der Waals surface area contributed by atoms with Crippen LogP contribution in [-0.4, -0.2) is 17.0 Å². The third-order valence-electron chi connectivity index (χ3n) is 2.31. The summed E-state index contributed by atoms with van der Waals surface area (Å²) in [4.78, 5) is 23.0. The molecule has 0 aromatic carbocycles. The van der Waals surface area contributed by atoms with Crippen LogP contribution in [0.1, 0.15) is 20.3 Å². The van der Waals surface area contributed by atoms with Crippen molar-refractivity contribution in [2.45, 2.75) is 26.8 Å². The number of hydrogen-bond acceptors (Lipinski definition) is 2. The van der Waals surface area contributed by atoms with Gasteiger partial charge in [-0.2, -0.15) is 0 Å². The summed E-state index contributed by atoms with van der Waals surface area (Å²) < 4.78 is 2.17. The molecule has 0 aliphatic carbocycles. The number of halogens is 1. The summed E-state index contributed by atoms with van der Waals surface area (Å²) in [6, 6.07) is 3.10. The summed E-state index contributed by atoms with van der Waals surface area (Å²) in [5, 5.41) is 2.80. The first-order valence-corrected chi connectivity index (χ1v) is 6.41. The van der Waals surface area contributed by atoms with Crippen molar-refractivity contribution in [3.8, 4) is 0 Å². The largest absolute Gasteiger partial charge is 0.355 e. The highest BCUT2D eigenvalue weighted by Crippen LogP contribution is 2.04. The maximum atomic E-state index is 11.6. The Morgan fingerprint density at radius 1 is 1.47 bits per heavy atom. The number of rotatable bonds is 5. The molecular formula is C12H17BrN2O2. The lowest BCUT2D eigenvalue weighted by Gasteiger charge is -2.08. The predicted octanol–water partition coefficient (Wildman–Crippen LogP) is 1.77. The average molecular weight is 301 g/mol. The molecule has 0 atom stereocenters. The van der Waals surface area contributed by atoms with Gasteiger partial charge in [0.1, 0.15) is 6.54 Å². The molecule has 1 rings (SSSR count). The number of amides is 1. The van der Waals surface area contributed by atoms with Gasteiger partial charge in [-0.1, -0.05) is 13.8 Å². The van der Waals surface area contributed by atoms with Gasteiger partial charge in [0.05, 0.1) is 0 Å². The van der Waals surface area contributed by atoms with Crippen LogP contribution in [0.2, 0.25) is 0 Å². The molecule has 5 heteroatoms. The number of nitrogens with one attached hydrogen (secondary N) is 1. The molecule has 1 N–H and O–H groups in total. The molecule has 94 valence electrons. The Morgan fingerprint density at radius 3 is 2.82 bits per heavy atom. The van der Waals surface area contributed by atoms with Gasteiger partial charge in [0.2, 0.25) is 5.91 Å². The van der Waals surface area contributed by atoms with Crippen molar-refractivity contribution < 1.29 is 4.79 Å². The highest BCUT2D eigenvalue weighted by Gasteiger charge is 2.04. The zero-order valence-corrected chi connectivity index (χ0v) is 11.7. The monoisotopic (exact) mass is 300 g/mol. The quantitative estimate of drug-likeness (QED) is 0.901. The number of pyridine rings is 1. The standard InChI is InChI=1S/C12H17BrN2O2/c1-9(2)5-6-14-11(16)8-15-7-10(13)3-4-12(15)17/h3-4,7,9H,5-6,8H2,1-2H3,(H,14,16). The van der Waals surface area contributed by atoms with E-state index in [2.05, 4.69) is 35.1 Å². The molecular weight excluding hydrogens is 284 g/mol. The van der Waals surface area contributed by atoms with E-state index in [4.69, 9.17) is 0 Å². The van der Waals surface area contributed by atoms with Crippen LogP contribution in [0.15, 0.2) is 27.6 Å². The molecule has 1 aromatic rings. The van der Waals surface area contributed by atoms with E-state index in [-0.39, 0.29) is 18.0 Å². The summed E-state index contributed by atoms with van der Waals surface area (Å²) in [6.45, 7) is 4.92. The molecule has 0 fully saturated rings. The molecule has 0 unspecified atom stereocenters. The Balaban J connectivity index is 2.50. The highest BCUT2D eigenvalue weighted by atomic mass is 79.9. The third kappa shape index (κ3) is 5.17. The van der Waals surface area contributed by atoms with Gasteiger partial charge in [-0.15, -0.1) is 0 Å². The smallest absolute Gasteiger partial charge is 0.251 e. The van der Waals surface area contributed by atoms with Crippen molar-refractivity contribution in [3.05, 3.63) is 33.2 Å². The van der Waals surface area contributed by atoms with Crippen molar-refractivity contribution in [3.63, 3.8) is 0 Å². The fourth-order valence-corrected chi connectivity index (χ4v) is 1.72. The van der Waals surface area contributed by atoms with Gasteiger partial charge in [-0.3, -0.25) is 9.59 Å². The van der Waals surface area contributed by atoms with E-state index in [1.54, 1.807) is 12.3 Å². The van der Waals surface area contributed by atoms with E-state index in [1.165, 1.54) is 10.6 Å². The second kappa shape index (κ2) is 6.59. The second-order valence-electron chi connectivity index (χ2n) is 4.35. The second-order valence-corrected chi connectivity index (χ2v) is 5.26. The zero-order valence-electron chi connectivity index (χ0n) is 10.1. The fourth-order valence-electron chi connectivity index (χ4n) is 1.34. The van der Waals surface area contributed by atoms with Gasteiger partial charge in [0, 0.05) is 23.3 Å². The topological polar surface area (TPSA) is 51.1 Å². The van der Waals surface area contributed by atoms with Crippen LogP contribution in [0, 0.1) is 5.92 Å². The van der Waals surface area contributed by atoms with E-state index >= 15 is 0 Å². The Hall–Kier alpha value is -1.10. The molecule has 0 radical (unpaired) electrons. The molecule has 1 amide bonds. The number of hydrogen-bond donors (Lipinski definition) is 1. The molecule has 0 aliphatic heterocycles. The molecule has 0 spiro atoms. The first-order chi connectivity index (χ1) is 7.99. The van der Waals surface area contributed by atoms with Crippen molar-refractivity contribution in [1.82, 2.24) is 9.88 Å². The van der Waals surface area contributed by atoms with Crippen LogP contribution in [-0.2, 0) is 11.3 Å². The van der Waals surface area contributed by atoms with Crippen molar-refractivity contribution in [2.75, 3.05) is 6.54 Å². The maximum Gasteiger partial charge on any atom is 0.251 e. The highest BCUT2D eigenvalue weighted by molar-refractivity contribution is 9.10. The van der Waals surface area contributed by atoms with Crippen molar-refractivity contribution >= 4 is 21.8 Å². The first-order valence-electron chi connectivity index (χ1n) is 5.61. The summed E-state index contributed by atoms with van der Waals surface area (Å²) in [5.74, 6) is 0.426. The first kappa shape index (κ1) is 14.0. The summed E-state index contributed by atoms with van der Waals surface area (Å²) in [7, 11) is 0. The number of carbonyl (C=O) groups excluding carboxylic acids is 1. The minimum absolute atomic E-state index is 0.0658. The maximum absolute atomic E-state index is 11.6. The third-order valence-corrected chi connectivity index (χ3v) is 2.77. The van der Waals surface area contributed by atoms with Gasteiger partial charge in [-0.05, 0) is 34.3 Å². The Kier molecular flexibility index (Phi) is 5.41. The normalized spacial score (nSPS) is 10.6. The van der Waals surface area contributed by atoms with Gasteiger partial charge < -0.3 is 9.88 Å². The van der Waals surface area contributed by atoms with Gasteiger partial charge in [0.15, 0.2) is 0 Å². The molecule has 1 heterocycles. The minimum Gasteiger partial charge on any atom is -0.355 e. The Bertz CT molecular complexity index is 440. The minimum atomic E-state index is -0.174. The van der Waals surface area contributed by atoms with Crippen LogP contribution in [0.5, 0.6) is 0 Å². The number of carbonyl (C=O) groups is 1. The average Bonchev–Trinajstić information content (AvgIpc) is 2.23. The number of aromatic nitrogens is 1. The zero-order chi connectivity index (χ0) is 12.8. The predicted molar refractivity (Wildman–Crippen MR) is 70.9 cm³/mol. The summed E-state index contributed by atoms with van der Waals surface area (Å²) in [5.41, 5.74) is -0.174. The van der Waals surface area contributed by atoms with E-state index < -0.39 is 0 Å². The lowest BCUT2D eigenvalue weighted by Crippen LogP contribution is -2.32. The van der Waals surface area contributed by atoms with E-state index in [0.29, 0.717) is 12.5 Å². The summed E-state index contributed by atoms with van der Waals surface area (Å²) >= 11 is 3.27. The van der Waals surface area contributed by atoms with Gasteiger partial charge >= 0.3 is 0 Å². The van der Waals surface area contributed by atoms with Crippen LogP contribution >= 0.6 is 15.9 Å². The summed E-state index contributed by atoms with van der Waals surface area (Å²) in [6.07, 6.45) is 2.56. The molecule has 1 aromatic heterocycles. The fraction of sp³-hybridized carbons (Fsp3) is 0.500. The van der Waals surface area contributed by atoms with Gasteiger partial charge in [0.25, 0.3) is 5.56 Å². The van der Waals surface area contributed by atoms with Crippen LogP contribution in [0.3, 0.4) is 0 Å². The molecule has 0 saturated carbocycles. The van der Waals surface area contributed by atoms with E-state index in [9.17, 15) is 9.59 Å². The Labute approximate surface area is 109 Å². The lowest BCUT2D eigenvalue weighted by atomic mass is 10.1. The Morgan fingerprint density at radius 2 is 2.18 bits per heavy atom. The van der Waals surface area contributed by atoms with E-state index in [0.717, 1.165) is 10.9 Å². The number of nitrogens with zero attached hydrogens (tertiary/aromatic N) is 1. The van der Waals surface area contributed by atoms with E-state index in [1.807, 2.05) is 0 Å². The van der Waals surface area contributed by atoms with Crippen molar-refractivity contribution in [1.29, 1.82) is 0 Å². The molecule has 4 nitrogen and oxygen atoms in total. The molecule has 0 saturated heterocycles. The molecule has 0 bridgehead atoms. The molecule has 0 aliphatic rings. The molecule has 17 heavy (non-hydrogen) atoms. The SMILES string of the molecule is CC(C)CCNC(=O)Cn1cc(Br)ccc1=O.